The first-order valence-electron chi connectivity index (χ1n) is 4.93. The summed E-state index contributed by atoms with van der Waals surface area (Å²) in [5.74, 6) is -0.352. The summed E-state index contributed by atoms with van der Waals surface area (Å²) in [5.41, 5.74) is 4.74. The fourth-order valence-corrected chi connectivity index (χ4v) is 3.42. The lowest BCUT2D eigenvalue weighted by Crippen LogP contribution is -2.42. The highest BCUT2D eigenvalue weighted by Crippen LogP contribution is 2.18. The quantitative estimate of drug-likeness (QED) is 0.551. The molecule has 1 fully saturated rings. The minimum Gasteiger partial charge on any atom is -0.351 e. The molecular weight excluding hydrogens is 234 g/mol. The Bertz CT molecular complexity index is 379. The second-order valence-corrected chi connectivity index (χ2v) is 6.08. The molecule has 1 atom stereocenters. The number of carbonyl (C=O) groups excluding carboxylic acids is 2. The van der Waals surface area contributed by atoms with E-state index in [0.29, 0.717) is 12.8 Å². The van der Waals surface area contributed by atoms with Crippen molar-refractivity contribution in [1.82, 2.24) is 10.6 Å². The number of rotatable bonds is 4. The number of carbonyl (C=O) groups is 2. The Morgan fingerprint density at radius 1 is 1.38 bits per heavy atom. The molecule has 1 heterocycles. The van der Waals surface area contributed by atoms with Crippen LogP contribution >= 0.6 is 0 Å². The van der Waals surface area contributed by atoms with Crippen molar-refractivity contribution in [3.8, 4) is 0 Å². The van der Waals surface area contributed by atoms with Crippen molar-refractivity contribution < 1.29 is 18.0 Å². The molecule has 0 aromatic rings. The van der Waals surface area contributed by atoms with Gasteiger partial charge in [-0.2, -0.15) is 0 Å². The van der Waals surface area contributed by atoms with E-state index in [-0.39, 0.29) is 18.8 Å². The van der Waals surface area contributed by atoms with Crippen molar-refractivity contribution in [1.29, 1.82) is 0 Å². The van der Waals surface area contributed by atoms with E-state index >= 15 is 0 Å². The van der Waals surface area contributed by atoms with Gasteiger partial charge in [0.05, 0.1) is 17.5 Å². The van der Waals surface area contributed by atoms with Gasteiger partial charge in [-0.25, -0.2) is 13.2 Å². The van der Waals surface area contributed by atoms with Crippen LogP contribution in [-0.4, -0.2) is 44.4 Å². The molecule has 0 aliphatic carbocycles. The number of imide groups is 1. The van der Waals surface area contributed by atoms with Crippen LogP contribution in [0.1, 0.15) is 12.8 Å². The highest BCUT2D eigenvalue weighted by atomic mass is 32.2. The molecule has 1 unspecified atom stereocenters. The van der Waals surface area contributed by atoms with Crippen LogP contribution in [-0.2, 0) is 14.6 Å². The molecule has 16 heavy (non-hydrogen) atoms. The Balaban J connectivity index is 2.26. The summed E-state index contributed by atoms with van der Waals surface area (Å²) >= 11 is 0. The maximum atomic E-state index is 11.4. The monoisotopic (exact) mass is 249 g/mol. The van der Waals surface area contributed by atoms with Crippen LogP contribution in [0.15, 0.2) is 0 Å². The Labute approximate surface area is 93.7 Å². The Morgan fingerprint density at radius 3 is 2.56 bits per heavy atom. The van der Waals surface area contributed by atoms with Crippen molar-refractivity contribution in [2.45, 2.75) is 18.1 Å². The largest absolute Gasteiger partial charge is 0.351 e. The Morgan fingerprint density at radius 2 is 2.06 bits per heavy atom. The molecule has 92 valence electrons. The summed E-state index contributed by atoms with van der Waals surface area (Å²) in [7, 11) is -2.99. The second-order valence-electron chi connectivity index (χ2n) is 3.67. The van der Waals surface area contributed by atoms with Crippen LogP contribution < -0.4 is 16.4 Å². The number of hydrogen-bond acceptors (Lipinski definition) is 5. The molecule has 0 radical (unpaired) electrons. The van der Waals surface area contributed by atoms with Crippen LogP contribution in [0, 0.1) is 0 Å². The van der Waals surface area contributed by atoms with Gasteiger partial charge in [-0.1, -0.05) is 0 Å². The van der Waals surface area contributed by atoms with E-state index in [1.807, 2.05) is 5.32 Å². The maximum absolute atomic E-state index is 11.4. The number of nitrogens with two attached hydrogens (primary N) is 1. The van der Waals surface area contributed by atoms with E-state index in [9.17, 15) is 18.0 Å². The van der Waals surface area contributed by atoms with Crippen molar-refractivity contribution >= 4 is 21.8 Å². The number of amides is 3. The standard InChI is InChI=1S/C8H15N3O4S/c9-8(13)11-7(12)5-10-4-6-2-1-3-16(6,14)15/h6,10H,1-5H2,(H3,9,11,12,13). The minimum absolute atomic E-state index is 0.116. The summed E-state index contributed by atoms with van der Waals surface area (Å²) in [5, 5.41) is 4.14. The SMILES string of the molecule is NC(=O)NC(=O)CNCC1CCCS1(=O)=O. The average molecular weight is 249 g/mol. The molecular formula is C8H15N3O4S. The lowest BCUT2D eigenvalue weighted by molar-refractivity contribution is -0.119. The number of hydrogen-bond donors (Lipinski definition) is 3. The summed E-state index contributed by atoms with van der Waals surface area (Å²) in [6.45, 7) is 0.115. The topological polar surface area (TPSA) is 118 Å². The third-order valence-electron chi connectivity index (χ3n) is 2.38. The lowest BCUT2D eigenvalue weighted by Gasteiger charge is -2.09. The smallest absolute Gasteiger partial charge is 0.318 e. The van der Waals surface area contributed by atoms with Crippen molar-refractivity contribution in [3.63, 3.8) is 0 Å². The summed E-state index contributed by atoms with van der Waals surface area (Å²) in [6.07, 6.45) is 1.29. The molecule has 3 amide bonds. The zero-order valence-corrected chi connectivity index (χ0v) is 9.55. The zero-order valence-electron chi connectivity index (χ0n) is 8.73. The Hall–Kier alpha value is -1.15. The maximum Gasteiger partial charge on any atom is 0.318 e. The third-order valence-corrected chi connectivity index (χ3v) is 4.66. The first kappa shape index (κ1) is 12.9. The number of sulfone groups is 1. The van der Waals surface area contributed by atoms with Gasteiger partial charge in [-0.3, -0.25) is 10.1 Å². The average Bonchev–Trinajstić information content (AvgIpc) is 2.44. The molecule has 1 aliphatic rings. The molecule has 0 aromatic heterocycles. The zero-order chi connectivity index (χ0) is 12.2. The van der Waals surface area contributed by atoms with Crippen molar-refractivity contribution in [3.05, 3.63) is 0 Å². The van der Waals surface area contributed by atoms with Crippen molar-refractivity contribution in [2.75, 3.05) is 18.8 Å². The number of primary amides is 1. The lowest BCUT2D eigenvalue weighted by atomic mass is 10.2. The molecule has 0 saturated carbocycles. The molecule has 1 saturated heterocycles. The van der Waals surface area contributed by atoms with E-state index in [2.05, 4.69) is 5.32 Å². The fourth-order valence-electron chi connectivity index (χ4n) is 1.62. The van der Waals surface area contributed by atoms with E-state index in [1.165, 1.54) is 0 Å². The van der Waals surface area contributed by atoms with Gasteiger partial charge in [0.1, 0.15) is 0 Å². The molecule has 8 heteroatoms. The first-order chi connectivity index (χ1) is 7.42. The van der Waals surface area contributed by atoms with Gasteiger partial charge < -0.3 is 11.1 Å². The van der Waals surface area contributed by atoms with Gasteiger partial charge in [0.15, 0.2) is 9.84 Å². The highest BCUT2D eigenvalue weighted by molar-refractivity contribution is 7.92. The van der Waals surface area contributed by atoms with E-state index in [1.54, 1.807) is 0 Å². The molecule has 0 spiro atoms. The van der Waals surface area contributed by atoms with Gasteiger partial charge in [0, 0.05) is 6.54 Å². The molecule has 7 nitrogen and oxygen atoms in total. The number of nitrogens with one attached hydrogen (secondary N) is 2. The van der Waals surface area contributed by atoms with Crippen LogP contribution in [0.25, 0.3) is 0 Å². The second kappa shape index (κ2) is 5.26. The van der Waals surface area contributed by atoms with Gasteiger partial charge >= 0.3 is 6.03 Å². The molecule has 1 rings (SSSR count). The minimum atomic E-state index is -2.99. The normalized spacial score (nSPS) is 22.9. The van der Waals surface area contributed by atoms with Gasteiger partial charge in [0.25, 0.3) is 0 Å². The predicted octanol–water partition coefficient (Wildman–Crippen LogP) is -1.65. The van der Waals surface area contributed by atoms with Crippen LogP contribution in [0.4, 0.5) is 4.79 Å². The summed E-state index contributed by atoms with van der Waals surface area (Å²) < 4.78 is 22.8. The van der Waals surface area contributed by atoms with Crippen LogP contribution in [0.2, 0.25) is 0 Å². The van der Waals surface area contributed by atoms with Gasteiger partial charge in [-0.05, 0) is 12.8 Å². The molecule has 4 N–H and O–H groups in total. The van der Waals surface area contributed by atoms with E-state index in [0.717, 1.165) is 0 Å². The summed E-state index contributed by atoms with van der Waals surface area (Å²) in [6, 6.07) is -0.916. The Kier molecular flexibility index (Phi) is 4.25. The third kappa shape index (κ3) is 3.78. The molecule has 1 aliphatic heterocycles. The van der Waals surface area contributed by atoms with E-state index < -0.39 is 27.0 Å². The first-order valence-corrected chi connectivity index (χ1v) is 6.65. The molecule has 0 aromatic carbocycles. The fraction of sp³-hybridized carbons (Fsp3) is 0.750. The van der Waals surface area contributed by atoms with Crippen molar-refractivity contribution in [2.24, 2.45) is 5.73 Å². The predicted molar refractivity (Wildman–Crippen MR) is 57.4 cm³/mol. The highest BCUT2D eigenvalue weighted by Gasteiger charge is 2.30. The van der Waals surface area contributed by atoms with Gasteiger partial charge in [-0.15, -0.1) is 0 Å². The van der Waals surface area contributed by atoms with Crippen LogP contribution in [0.3, 0.4) is 0 Å². The summed E-state index contributed by atoms with van der Waals surface area (Å²) in [4.78, 5) is 21.3. The van der Waals surface area contributed by atoms with Crippen LogP contribution in [0.5, 0.6) is 0 Å². The van der Waals surface area contributed by atoms with Gasteiger partial charge in [0.2, 0.25) is 5.91 Å². The van der Waals surface area contributed by atoms with E-state index in [4.69, 9.17) is 5.73 Å². The molecule has 0 bridgehead atoms. The number of urea groups is 1.